The number of hydrogen-bond donors (Lipinski definition) is 0. The van der Waals surface area contributed by atoms with Crippen molar-refractivity contribution in [2.24, 2.45) is 5.92 Å². The summed E-state index contributed by atoms with van der Waals surface area (Å²) in [7, 11) is 0. The van der Waals surface area contributed by atoms with E-state index < -0.39 is 0 Å². The highest BCUT2D eigenvalue weighted by Gasteiger charge is 2.12. The van der Waals surface area contributed by atoms with Gasteiger partial charge in [0.15, 0.2) is 0 Å². The Morgan fingerprint density at radius 2 is 1.86 bits per heavy atom. The van der Waals surface area contributed by atoms with Crippen molar-refractivity contribution in [3.63, 3.8) is 0 Å². The molecule has 0 atom stereocenters. The van der Waals surface area contributed by atoms with Gasteiger partial charge >= 0.3 is 0 Å². The summed E-state index contributed by atoms with van der Waals surface area (Å²) in [6.07, 6.45) is 8.61. The molecule has 2 nitrogen and oxygen atoms in total. The smallest absolute Gasteiger partial charge is 0.147 e. The molecular formula is C12H24O2. The minimum absolute atomic E-state index is 0.282. The molecule has 1 aliphatic rings. The Balaban J connectivity index is 1.87. The molecule has 84 valence electrons. The van der Waals surface area contributed by atoms with Gasteiger partial charge in [-0.05, 0) is 26.2 Å². The lowest BCUT2D eigenvalue weighted by molar-refractivity contribution is -0.0814. The van der Waals surface area contributed by atoms with Crippen LogP contribution in [-0.2, 0) is 9.47 Å². The molecule has 0 saturated heterocycles. The highest BCUT2D eigenvalue weighted by Crippen LogP contribution is 2.25. The summed E-state index contributed by atoms with van der Waals surface area (Å²) in [5.74, 6) is 0.919. The molecule has 1 rings (SSSR count). The minimum Gasteiger partial charge on any atom is -0.355 e. The Morgan fingerprint density at radius 1 is 1.14 bits per heavy atom. The van der Waals surface area contributed by atoms with Crippen molar-refractivity contribution < 1.29 is 9.47 Å². The largest absolute Gasteiger partial charge is 0.355 e. The predicted molar refractivity (Wildman–Crippen MR) is 58.2 cm³/mol. The highest BCUT2D eigenvalue weighted by molar-refractivity contribution is 4.65. The first kappa shape index (κ1) is 12.0. The standard InChI is InChI=1S/C12H24O2/c1-11(2)14-10-13-9-8-12-6-4-3-5-7-12/h11-12H,3-10H2,1-2H3. The first-order valence-corrected chi connectivity index (χ1v) is 5.98. The van der Waals surface area contributed by atoms with Crippen molar-refractivity contribution in [1.29, 1.82) is 0 Å². The van der Waals surface area contributed by atoms with Crippen LogP contribution in [-0.4, -0.2) is 19.5 Å². The van der Waals surface area contributed by atoms with Gasteiger partial charge in [0.1, 0.15) is 6.79 Å². The van der Waals surface area contributed by atoms with Gasteiger partial charge in [0.05, 0.1) is 6.10 Å². The summed E-state index contributed by atoms with van der Waals surface area (Å²) < 4.78 is 10.7. The van der Waals surface area contributed by atoms with Crippen molar-refractivity contribution >= 4 is 0 Å². The Hall–Kier alpha value is -0.0800. The zero-order valence-electron chi connectivity index (χ0n) is 9.63. The Labute approximate surface area is 88.0 Å². The zero-order valence-corrected chi connectivity index (χ0v) is 9.63. The molecule has 0 bridgehead atoms. The molecular weight excluding hydrogens is 176 g/mol. The monoisotopic (exact) mass is 200 g/mol. The van der Waals surface area contributed by atoms with Gasteiger partial charge in [-0.1, -0.05) is 32.1 Å². The molecule has 0 N–H and O–H groups in total. The topological polar surface area (TPSA) is 18.5 Å². The summed E-state index contributed by atoms with van der Waals surface area (Å²) in [6, 6.07) is 0. The van der Waals surface area contributed by atoms with Gasteiger partial charge in [-0.2, -0.15) is 0 Å². The molecule has 0 aromatic rings. The summed E-state index contributed by atoms with van der Waals surface area (Å²) in [5.41, 5.74) is 0. The Morgan fingerprint density at radius 3 is 2.50 bits per heavy atom. The lowest BCUT2D eigenvalue weighted by atomic mass is 9.87. The van der Waals surface area contributed by atoms with Crippen LogP contribution in [0.5, 0.6) is 0 Å². The molecule has 0 aromatic carbocycles. The number of rotatable bonds is 6. The third kappa shape index (κ3) is 5.61. The molecule has 1 fully saturated rings. The third-order valence-electron chi connectivity index (χ3n) is 2.88. The first-order chi connectivity index (χ1) is 6.79. The normalized spacial score (nSPS) is 19.1. The van der Waals surface area contributed by atoms with E-state index in [0.717, 1.165) is 12.5 Å². The summed E-state index contributed by atoms with van der Waals surface area (Å²) in [4.78, 5) is 0. The SMILES string of the molecule is CC(C)OCOCCC1CCCCC1. The van der Waals surface area contributed by atoms with Crippen LogP contribution in [0.25, 0.3) is 0 Å². The van der Waals surface area contributed by atoms with Crippen molar-refractivity contribution in [2.45, 2.75) is 58.5 Å². The van der Waals surface area contributed by atoms with Crippen LogP contribution >= 0.6 is 0 Å². The van der Waals surface area contributed by atoms with Crippen molar-refractivity contribution in [2.75, 3.05) is 13.4 Å². The molecule has 0 aliphatic heterocycles. The van der Waals surface area contributed by atoms with Crippen LogP contribution in [0.1, 0.15) is 52.4 Å². The van der Waals surface area contributed by atoms with Crippen LogP contribution in [0.4, 0.5) is 0 Å². The molecule has 0 amide bonds. The number of hydrogen-bond acceptors (Lipinski definition) is 2. The Kier molecular flexibility index (Phi) is 6.20. The second-order valence-corrected chi connectivity index (χ2v) is 4.53. The minimum atomic E-state index is 0.282. The van der Waals surface area contributed by atoms with E-state index >= 15 is 0 Å². The lowest BCUT2D eigenvalue weighted by Crippen LogP contribution is -2.12. The molecule has 1 aliphatic carbocycles. The third-order valence-corrected chi connectivity index (χ3v) is 2.88. The van der Waals surface area contributed by atoms with E-state index in [0.29, 0.717) is 6.79 Å². The fraction of sp³-hybridized carbons (Fsp3) is 1.00. The maximum atomic E-state index is 5.42. The molecule has 0 heterocycles. The molecule has 14 heavy (non-hydrogen) atoms. The van der Waals surface area contributed by atoms with Gasteiger partial charge in [-0.15, -0.1) is 0 Å². The molecule has 0 spiro atoms. The Bertz CT molecular complexity index is 128. The van der Waals surface area contributed by atoms with Crippen molar-refractivity contribution in [3.05, 3.63) is 0 Å². The van der Waals surface area contributed by atoms with Gasteiger partial charge in [0, 0.05) is 6.61 Å². The van der Waals surface area contributed by atoms with E-state index in [2.05, 4.69) is 0 Å². The highest BCUT2D eigenvalue weighted by atomic mass is 16.7. The van der Waals surface area contributed by atoms with Crippen LogP contribution in [0, 0.1) is 5.92 Å². The van der Waals surface area contributed by atoms with Crippen molar-refractivity contribution in [1.82, 2.24) is 0 Å². The van der Waals surface area contributed by atoms with Crippen LogP contribution in [0.15, 0.2) is 0 Å². The fourth-order valence-corrected chi connectivity index (χ4v) is 1.97. The number of ether oxygens (including phenoxy) is 2. The van der Waals surface area contributed by atoms with E-state index in [-0.39, 0.29) is 6.10 Å². The van der Waals surface area contributed by atoms with Crippen LogP contribution in [0.2, 0.25) is 0 Å². The summed E-state index contributed by atoms with van der Waals surface area (Å²) in [5, 5.41) is 0. The first-order valence-electron chi connectivity index (χ1n) is 5.98. The van der Waals surface area contributed by atoms with E-state index in [1.54, 1.807) is 0 Å². The van der Waals surface area contributed by atoms with Gasteiger partial charge in [0.2, 0.25) is 0 Å². The molecule has 1 saturated carbocycles. The fourth-order valence-electron chi connectivity index (χ4n) is 1.97. The van der Waals surface area contributed by atoms with Gasteiger partial charge in [-0.3, -0.25) is 0 Å². The average Bonchev–Trinajstić information content (AvgIpc) is 2.18. The molecule has 2 heteroatoms. The predicted octanol–water partition coefficient (Wildman–Crippen LogP) is 3.36. The summed E-state index contributed by atoms with van der Waals surface area (Å²) in [6.45, 7) is 5.40. The van der Waals surface area contributed by atoms with Gasteiger partial charge in [0.25, 0.3) is 0 Å². The van der Waals surface area contributed by atoms with E-state index in [1.165, 1.54) is 38.5 Å². The summed E-state index contributed by atoms with van der Waals surface area (Å²) >= 11 is 0. The second kappa shape index (κ2) is 7.24. The molecule has 0 aromatic heterocycles. The van der Waals surface area contributed by atoms with E-state index in [1.807, 2.05) is 13.8 Å². The molecule has 0 radical (unpaired) electrons. The van der Waals surface area contributed by atoms with Gasteiger partial charge < -0.3 is 9.47 Å². The van der Waals surface area contributed by atoms with Gasteiger partial charge in [-0.25, -0.2) is 0 Å². The average molecular weight is 200 g/mol. The zero-order chi connectivity index (χ0) is 10.2. The maximum absolute atomic E-state index is 5.42. The quantitative estimate of drug-likeness (QED) is 0.483. The maximum Gasteiger partial charge on any atom is 0.147 e. The van der Waals surface area contributed by atoms with Crippen LogP contribution < -0.4 is 0 Å². The van der Waals surface area contributed by atoms with Crippen LogP contribution in [0.3, 0.4) is 0 Å². The van der Waals surface area contributed by atoms with E-state index in [4.69, 9.17) is 9.47 Å². The lowest BCUT2D eigenvalue weighted by Gasteiger charge is -2.21. The molecule has 0 unspecified atom stereocenters. The second-order valence-electron chi connectivity index (χ2n) is 4.53. The van der Waals surface area contributed by atoms with E-state index in [9.17, 15) is 0 Å². The van der Waals surface area contributed by atoms with Crippen molar-refractivity contribution in [3.8, 4) is 0 Å².